The molecule has 0 aliphatic carbocycles. The van der Waals surface area contributed by atoms with Crippen molar-refractivity contribution in [2.75, 3.05) is 12.3 Å². The third kappa shape index (κ3) is 6.96. The monoisotopic (exact) mass is 593 g/mol. The highest BCUT2D eigenvalue weighted by atomic mass is 31.1. The predicted molar refractivity (Wildman–Crippen MR) is 139 cm³/mol. The number of benzene rings is 1. The Hall–Kier alpha value is -3.71. The van der Waals surface area contributed by atoms with Crippen LogP contribution >= 0.6 is 8.25 Å². The van der Waals surface area contributed by atoms with E-state index in [-0.39, 0.29) is 30.2 Å². The molecule has 1 aliphatic rings. The summed E-state index contributed by atoms with van der Waals surface area (Å²) in [4.78, 5) is 25.8. The molecule has 4 rings (SSSR count). The lowest BCUT2D eigenvalue weighted by Crippen LogP contribution is -2.33. The summed E-state index contributed by atoms with van der Waals surface area (Å²) in [7, 11) is -2.64. The molecule has 0 radical (unpaired) electrons. The third-order valence-corrected chi connectivity index (χ3v) is 7.17. The maximum atomic E-state index is 13.7. The number of aromatic nitrogens is 4. The van der Waals surface area contributed by atoms with Gasteiger partial charge in [-0.15, -0.1) is 9.05 Å². The summed E-state index contributed by atoms with van der Waals surface area (Å²) in [5.74, 6) is -0.845. The van der Waals surface area contributed by atoms with Gasteiger partial charge in [-0.3, -0.25) is 4.57 Å². The van der Waals surface area contributed by atoms with E-state index in [1.54, 1.807) is 6.92 Å². The van der Waals surface area contributed by atoms with Gasteiger partial charge in [0.2, 0.25) is 5.39 Å². The summed E-state index contributed by atoms with van der Waals surface area (Å²) in [5, 5.41) is 29.7. The molecule has 4 N–H and O–H groups in total. The van der Waals surface area contributed by atoms with Gasteiger partial charge in [-0.1, -0.05) is 18.2 Å². The van der Waals surface area contributed by atoms with E-state index in [0.29, 0.717) is 6.42 Å². The van der Waals surface area contributed by atoms with Crippen LogP contribution in [0.2, 0.25) is 0 Å². The third-order valence-electron chi connectivity index (χ3n) is 6.47. The molecule has 0 bridgehead atoms. The minimum Gasteiger partial charge on any atom is -0.456 e. The summed E-state index contributed by atoms with van der Waals surface area (Å²) in [5.41, 5.74) is 8.14. The highest BCUT2D eigenvalue weighted by Gasteiger charge is 2.46. The van der Waals surface area contributed by atoms with Crippen LogP contribution in [0, 0.1) is 18.4 Å². The highest BCUT2D eigenvalue weighted by Crippen LogP contribution is 2.35. The van der Waals surface area contributed by atoms with E-state index < -0.39 is 57.0 Å². The van der Waals surface area contributed by atoms with Crippen LogP contribution in [-0.2, 0) is 40.9 Å². The number of carbonyl (C=O) groups is 1. The maximum absolute atomic E-state index is 13.7. The Kier molecular flexibility index (Phi) is 9.49. The van der Waals surface area contributed by atoms with E-state index in [1.165, 1.54) is 17.8 Å². The van der Waals surface area contributed by atoms with E-state index in [0.717, 1.165) is 16.7 Å². The SMILES string of the molecule is Cc1ccc(CC(C)OC(=O)C(C)[N+]#N)cc1CO[P+](=O)OCC1OC(n2cnc3c(N)nc(F)nc32)C(O)C1O. The molecular weight excluding hydrogens is 564 g/mol. The zero-order valence-electron chi connectivity index (χ0n) is 22.3. The van der Waals surface area contributed by atoms with Crippen LogP contribution in [0.4, 0.5) is 10.2 Å². The molecular formula is C24H29FN7O8P+2. The number of fused-ring (bicyclic) bond motifs is 1. The molecule has 7 atom stereocenters. The van der Waals surface area contributed by atoms with Gasteiger partial charge >= 0.3 is 26.3 Å². The summed E-state index contributed by atoms with van der Waals surface area (Å²) >= 11 is 0. The number of halogens is 1. The van der Waals surface area contributed by atoms with E-state index in [4.69, 9.17) is 29.6 Å². The van der Waals surface area contributed by atoms with Crippen molar-refractivity contribution in [3.05, 3.63) is 52.3 Å². The maximum Gasteiger partial charge on any atom is 0.697 e. The Bertz CT molecular complexity index is 1480. The largest absolute Gasteiger partial charge is 0.697 e. The lowest BCUT2D eigenvalue weighted by molar-refractivity contribution is -0.148. The number of esters is 1. The number of nitrogens with zero attached hydrogens (tertiary/aromatic N) is 6. The van der Waals surface area contributed by atoms with Crippen molar-refractivity contribution in [3.8, 4) is 0 Å². The number of anilines is 1. The molecule has 1 aliphatic heterocycles. The summed E-state index contributed by atoms with van der Waals surface area (Å²) in [6.07, 6.45) is -5.18. The fourth-order valence-electron chi connectivity index (χ4n) is 4.21. The number of hydrogen-bond donors (Lipinski definition) is 3. The molecule has 3 heterocycles. The van der Waals surface area contributed by atoms with Gasteiger partial charge in [-0.05, 0) is 30.5 Å². The Morgan fingerprint density at radius 3 is 2.78 bits per heavy atom. The van der Waals surface area contributed by atoms with E-state index in [9.17, 15) is 24.0 Å². The first kappa shape index (κ1) is 30.3. The van der Waals surface area contributed by atoms with Crippen molar-refractivity contribution in [2.45, 2.75) is 70.5 Å². The van der Waals surface area contributed by atoms with Gasteiger partial charge in [-0.2, -0.15) is 14.4 Å². The molecule has 1 aromatic carbocycles. The smallest absolute Gasteiger partial charge is 0.456 e. The molecule has 41 heavy (non-hydrogen) atoms. The number of imidazole rings is 1. The van der Waals surface area contributed by atoms with Gasteiger partial charge < -0.3 is 25.4 Å². The molecule has 0 amide bonds. The molecule has 1 saturated heterocycles. The Labute approximate surface area is 234 Å². The van der Waals surface area contributed by atoms with Crippen molar-refractivity contribution in [3.63, 3.8) is 0 Å². The quantitative estimate of drug-likeness (QED) is 0.126. The number of nitrogens with two attached hydrogens (primary N) is 1. The first-order valence-electron chi connectivity index (χ1n) is 12.5. The molecule has 218 valence electrons. The van der Waals surface area contributed by atoms with Crippen LogP contribution < -0.4 is 5.73 Å². The molecule has 17 heteroatoms. The standard InChI is InChI=1S/C24H29FN7O8P/c1-11-4-5-14(6-12(2)39-23(35)13(3)31-27)7-15(11)8-37-41(36)38-9-16-18(33)19(34)22(40-16)32-10-28-17-20(26)29-24(25)30-21(17)32/h4-5,7,10,12-13,16,18-19,22,33-34H,6,8-9H2,1-3H3,(H2,26,29,30)/q+2. The van der Waals surface area contributed by atoms with E-state index in [2.05, 4.69) is 19.9 Å². The van der Waals surface area contributed by atoms with Crippen molar-refractivity contribution in [2.24, 2.45) is 0 Å². The summed E-state index contributed by atoms with van der Waals surface area (Å²) < 4.78 is 48.9. The average Bonchev–Trinajstić information content (AvgIpc) is 3.47. The summed E-state index contributed by atoms with van der Waals surface area (Å²) in [6.45, 7) is 4.52. The lowest BCUT2D eigenvalue weighted by atomic mass is 10.0. The molecule has 3 aromatic rings. The second kappa shape index (κ2) is 12.9. The molecule has 2 aromatic heterocycles. The van der Waals surface area contributed by atoms with Crippen molar-refractivity contribution >= 4 is 31.2 Å². The number of carbonyl (C=O) groups excluding carboxylic acids is 1. The highest BCUT2D eigenvalue weighted by molar-refractivity contribution is 7.33. The van der Waals surface area contributed by atoms with Crippen LogP contribution in [0.25, 0.3) is 16.1 Å². The van der Waals surface area contributed by atoms with E-state index in [1.807, 2.05) is 25.1 Å². The van der Waals surface area contributed by atoms with Gasteiger partial charge in [0.1, 0.15) is 42.6 Å². The fourth-order valence-corrected chi connectivity index (χ4v) is 4.80. The van der Waals surface area contributed by atoms with Gasteiger partial charge in [0.05, 0.1) is 6.33 Å². The van der Waals surface area contributed by atoms with Gasteiger partial charge in [0.25, 0.3) is 0 Å². The number of aliphatic hydroxyl groups is 2. The van der Waals surface area contributed by atoms with Gasteiger partial charge in [0.15, 0.2) is 23.2 Å². The normalized spacial score (nSPS) is 22.3. The van der Waals surface area contributed by atoms with Crippen molar-refractivity contribution in [1.29, 1.82) is 5.39 Å². The minimum atomic E-state index is -2.64. The Morgan fingerprint density at radius 2 is 2.05 bits per heavy atom. The van der Waals surface area contributed by atoms with Gasteiger partial charge in [0, 0.05) is 17.9 Å². The number of aliphatic hydroxyl groups excluding tert-OH is 2. The van der Waals surface area contributed by atoms with Crippen molar-refractivity contribution < 1.29 is 42.5 Å². The first-order valence-corrected chi connectivity index (χ1v) is 13.6. The molecule has 7 unspecified atom stereocenters. The van der Waals surface area contributed by atoms with Crippen molar-refractivity contribution in [1.82, 2.24) is 19.5 Å². The zero-order chi connectivity index (χ0) is 29.8. The number of aryl methyl sites for hydroxylation is 1. The number of nitrogen functional groups attached to an aromatic ring is 1. The van der Waals surface area contributed by atoms with Crippen LogP contribution in [0.15, 0.2) is 24.5 Å². The second-order valence-electron chi connectivity index (χ2n) is 9.54. The minimum absolute atomic E-state index is 0.0392. The van der Waals surface area contributed by atoms with Crippen LogP contribution in [0.5, 0.6) is 0 Å². The Morgan fingerprint density at radius 1 is 1.29 bits per heavy atom. The van der Waals surface area contributed by atoms with Crippen LogP contribution in [-0.4, -0.2) is 72.8 Å². The van der Waals surface area contributed by atoms with E-state index >= 15 is 0 Å². The molecule has 1 fully saturated rings. The Balaban J connectivity index is 1.31. The fraction of sp³-hybridized carbons (Fsp3) is 0.500. The zero-order valence-corrected chi connectivity index (χ0v) is 23.2. The van der Waals surface area contributed by atoms with Gasteiger partial charge in [-0.25, -0.2) is 9.78 Å². The molecule has 15 nitrogen and oxygen atoms in total. The molecule has 0 saturated carbocycles. The number of diazo groups is 1. The second-order valence-corrected chi connectivity index (χ2v) is 10.5. The number of ether oxygens (including phenoxy) is 2. The lowest BCUT2D eigenvalue weighted by Gasteiger charge is -2.16. The van der Waals surface area contributed by atoms with Crippen LogP contribution in [0.3, 0.4) is 0 Å². The average molecular weight is 594 g/mol. The summed E-state index contributed by atoms with van der Waals surface area (Å²) in [6, 6.07) is 4.54. The van der Waals surface area contributed by atoms with Crippen LogP contribution in [0.1, 0.15) is 36.8 Å². The first-order chi connectivity index (χ1) is 19.5. The number of rotatable bonds is 11. The molecule has 0 spiro atoms. The predicted octanol–water partition coefficient (Wildman–Crippen LogP) is 2.08. The topological polar surface area (TPSA) is 209 Å². The number of hydrogen-bond acceptors (Lipinski definition) is 13.